The molecule has 0 spiro atoms. The lowest BCUT2D eigenvalue weighted by Gasteiger charge is -2.12. The molecular formula is C25H18IN. The zero-order chi connectivity index (χ0) is 18.2. The molecule has 5 rings (SSSR count). The van der Waals surface area contributed by atoms with Crippen LogP contribution in [0.2, 0.25) is 0 Å². The van der Waals surface area contributed by atoms with Crippen molar-refractivity contribution >= 4 is 44.4 Å². The van der Waals surface area contributed by atoms with Crippen molar-refractivity contribution in [2.45, 2.75) is 6.42 Å². The predicted molar refractivity (Wildman–Crippen MR) is 123 cm³/mol. The Labute approximate surface area is 172 Å². The molecule has 0 saturated carbocycles. The van der Waals surface area contributed by atoms with Crippen LogP contribution in [-0.2, 0) is 6.42 Å². The topological polar surface area (TPSA) is 4.93 Å². The second-order valence-electron chi connectivity index (χ2n) is 6.81. The van der Waals surface area contributed by atoms with Gasteiger partial charge < -0.3 is 4.57 Å². The van der Waals surface area contributed by atoms with Crippen LogP contribution in [0.4, 0.5) is 0 Å². The van der Waals surface area contributed by atoms with Crippen LogP contribution in [0.25, 0.3) is 27.5 Å². The first-order chi connectivity index (χ1) is 13.3. The van der Waals surface area contributed by atoms with Crippen molar-refractivity contribution in [2.24, 2.45) is 0 Å². The third-order valence-corrected chi connectivity index (χ3v) is 5.69. The van der Waals surface area contributed by atoms with Crippen molar-refractivity contribution in [3.8, 4) is 5.69 Å². The van der Waals surface area contributed by atoms with Crippen molar-refractivity contribution in [1.29, 1.82) is 0 Å². The van der Waals surface area contributed by atoms with Crippen LogP contribution in [0.3, 0.4) is 0 Å². The zero-order valence-electron chi connectivity index (χ0n) is 14.8. The summed E-state index contributed by atoms with van der Waals surface area (Å²) in [6.45, 7) is 0. The Kier molecular flexibility index (Phi) is 4.21. The number of benzene rings is 4. The molecule has 0 unspecified atom stereocenters. The summed E-state index contributed by atoms with van der Waals surface area (Å²) in [7, 11) is 0. The molecule has 0 aliphatic rings. The maximum absolute atomic E-state index is 2.44. The normalized spacial score (nSPS) is 11.3. The van der Waals surface area contributed by atoms with E-state index in [1.165, 1.54) is 42.2 Å². The van der Waals surface area contributed by atoms with Crippen LogP contribution < -0.4 is 0 Å². The van der Waals surface area contributed by atoms with Gasteiger partial charge in [0.2, 0.25) is 0 Å². The molecular weight excluding hydrogens is 441 g/mol. The first-order valence-corrected chi connectivity index (χ1v) is 10.2. The minimum Gasteiger partial charge on any atom is -0.309 e. The first kappa shape index (κ1) is 16.6. The fraction of sp³-hybridized carbons (Fsp3) is 0.0400. The van der Waals surface area contributed by atoms with Gasteiger partial charge in [-0.2, -0.15) is 0 Å². The molecule has 1 heterocycles. The molecule has 0 radical (unpaired) electrons. The number of aromatic nitrogens is 1. The molecule has 0 saturated heterocycles. The summed E-state index contributed by atoms with van der Waals surface area (Å²) in [5.74, 6) is 0. The van der Waals surface area contributed by atoms with E-state index in [0.29, 0.717) is 0 Å². The highest BCUT2D eigenvalue weighted by molar-refractivity contribution is 14.1. The van der Waals surface area contributed by atoms with E-state index in [0.717, 1.165) is 6.42 Å². The van der Waals surface area contributed by atoms with E-state index in [-0.39, 0.29) is 0 Å². The van der Waals surface area contributed by atoms with Gasteiger partial charge in [0, 0.05) is 20.0 Å². The molecule has 2 heteroatoms. The van der Waals surface area contributed by atoms with Gasteiger partial charge in [0.1, 0.15) is 0 Å². The molecule has 0 N–H and O–H groups in total. The van der Waals surface area contributed by atoms with E-state index < -0.39 is 0 Å². The van der Waals surface area contributed by atoms with Gasteiger partial charge in [-0.25, -0.2) is 0 Å². The van der Waals surface area contributed by atoms with Crippen molar-refractivity contribution in [2.75, 3.05) is 0 Å². The molecule has 1 nitrogen and oxygen atoms in total. The number of nitrogens with zero attached hydrogens (tertiary/aromatic N) is 1. The molecule has 5 aromatic rings. The lowest BCUT2D eigenvalue weighted by molar-refractivity contribution is 1.13. The molecule has 130 valence electrons. The van der Waals surface area contributed by atoms with Gasteiger partial charge in [-0.05, 0) is 70.5 Å². The van der Waals surface area contributed by atoms with Gasteiger partial charge in [-0.15, -0.1) is 0 Å². The van der Waals surface area contributed by atoms with E-state index >= 15 is 0 Å². The minimum atomic E-state index is 0.928. The lowest BCUT2D eigenvalue weighted by atomic mass is 10.0. The summed E-state index contributed by atoms with van der Waals surface area (Å²) in [6, 6.07) is 34.8. The smallest absolute Gasteiger partial charge is 0.0577 e. The Morgan fingerprint density at radius 2 is 1.33 bits per heavy atom. The quantitative estimate of drug-likeness (QED) is 0.257. The average molecular weight is 459 g/mol. The van der Waals surface area contributed by atoms with Crippen LogP contribution in [0.1, 0.15) is 11.1 Å². The summed E-state index contributed by atoms with van der Waals surface area (Å²) in [4.78, 5) is 0. The molecule has 27 heavy (non-hydrogen) atoms. The highest BCUT2D eigenvalue weighted by Gasteiger charge is 2.16. The number of rotatable bonds is 3. The Morgan fingerprint density at radius 3 is 2.11 bits per heavy atom. The SMILES string of the molecule is Ic1cc(Cc2ccccc2)c2c(c1)c1ccccc1n2-c1ccccc1. The van der Waals surface area contributed by atoms with Gasteiger partial charge in [0.25, 0.3) is 0 Å². The molecule has 1 aromatic heterocycles. The molecule has 0 fully saturated rings. The van der Waals surface area contributed by atoms with E-state index in [1.807, 2.05) is 0 Å². The van der Waals surface area contributed by atoms with Crippen LogP contribution in [-0.4, -0.2) is 4.57 Å². The maximum Gasteiger partial charge on any atom is 0.0577 e. The summed E-state index contributed by atoms with van der Waals surface area (Å²) >= 11 is 2.44. The van der Waals surface area contributed by atoms with E-state index in [4.69, 9.17) is 0 Å². The molecule has 0 amide bonds. The molecule has 0 atom stereocenters. The molecule has 0 bridgehead atoms. The van der Waals surface area contributed by atoms with Gasteiger partial charge in [-0.3, -0.25) is 0 Å². The second-order valence-corrected chi connectivity index (χ2v) is 8.06. The molecule has 0 aliphatic heterocycles. The first-order valence-electron chi connectivity index (χ1n) is 9.12. The Hall–Kier alpha value is -2.59. The van der Waals surface area contributed by atoms with Gasteiger partial charge >= 0.3 is 0 Å². The summed E-state index contributed by atoms with van der Waals surface area (Å²) < 4.78 is 3.70. The predicted octanol–water partition coefficient (Wildman–Crippen LogP) is 6.98. The fourth-order valence-corrected chi connectivity index (χ4v) is 4.62. The van der Waals surface area contributed by atoms with Crippen LogP contribution in [0.15, 0.2) is 97.1 Å². The van der Waals surface area contributed by atoms with E-state index in [1.54, 1.807) is 0 Å². The van der Waals surface area contributed by atoms with Crippen LogP contribution in [0.5, 0.6) is 0 Å². The standard InChI is InChI=1S/C25H18IN/c26-20-16-19(15-18-9-3-1-4-10-18)25-23(17-20)22-13-7-8-14-24(22)27(25)21-11-5-2-6-12-21/h1-14,16-17H,15H2. The molecule has 0 aliphatic carbocycles. The highest BCUT2D eigenvalue weighted by Crippen LogP contribution is 2.36. The van der Waals surface area contributed by atoms with Crippen LogP contribution >= 0.6 is 22.6 Å². The Balaban J connectivity index is 1.88. The van der Waals surface area contributed by atoms with Gasteiger partial charge in [0.15, 0.2) is 0 Å². The minimum absolute atomic E-state index is 0.928. The average Bonchev–Trinajstić information content (AvgIpc) is 3.04. The summed E-state index contributed by atoms with van der Waals surface area (Å²) in [5.41, 5.74) is 6.48. The largest absolute Gasteiger partial charge is 0.309 e. The van der Waals surface area contributed by atoms with E-state index in [9.17, 15) is 0 Å². The van der Waals surface area contributed by atoms with Crippen LogP contribution in [0, 0.1) is 3.57 Å². The second kappa shape index (κ2) is 6.86. The van der Waals surface area contributed by atoms with Crippen molar-refractivity contribution in [1.82, 2.24) is 4.57 Å². The van der Waals surface area contributed by atoms with Crippen molar-refractivity contribution in [3.05, 3.63) is 112 Å². The summed E-state index contributed by atoms with van der Waals surface area (Å²) in [6.07, 6.45) is 0.928. The zero-order valence-corrected chi connectivity index (χ0v) is 16.9. The number of hydrogen-bond donors (Lipinski definition) is 0. The Bertz CT molecular complexity index is 1240. The number of para-hydroxylation sites is 2. The van der Waals surface area contributed by atoms with Gasteiger partial charge in [0.05, 0.1) is 11.0 Å². The maximum atomic E-state index is 2.44. The highest BCUT2D eigenvalue weighted by atomic mass is 127. The third-order valence-electron chi connectivity index (χ3n) is 5.06. The number of halogens is 1. The fourth-order valence-electron chi connectivity index (χ4n) is 3.94. The number of hydrogen-bond acceptors (Lipinski definition) is 0. The third kappa shape index (κ3) is 2.94. The van der Waals surface area contributed by atoms with E-state index in [2.05, 4.69) is 124 Å². The summed E-state index contributed by atoms with van der Waals surface area (Å²) in [5, 5.41) is 2.64. The Morgan fingerprint density at radius 1 is 0.667 bits per heavy atom. The van der Waals surface area contributed by atoms with Gasteiger partial charge in [-0.1, -0.05) is 66.7 Å². The lowest BCUT2D eigenvalue weighted by Crippen LogP contribution is -1.98. The monoisotopic (exact) mass is 459 g/mol. The van der Waals surface area contributed by atoms with Crippen molar-refractivity contribution < 1.29 is 0 Å². The molecule has 4 aromatic carbocycles. The van der Waals surface area contributed by atoms with Crippen molar-refractivity contribution in [3.63, 3.8) is 0 Å². The number of fused-ring (bicyclic) bond motifs is 3.